The highest BCUT2D eigenvalue weighted by atomic mass is 35.5. The van der Waals surface area contributed by atoms with Gasteiger partial charge in [0.05, 0.1) is 11.8 Å². The van der Waals surface area contributed by atoms with Gasteiger partial charge in [-0.3, -0.25) is 24.1 Å². The van der Waals surface area contributed by atoms with E-state index in [2.05, 4.69) is 15.3 Å². The molecule has 0 saturated heterocycles. The highest BCUT2D eigenvalue weighted by molar-refractivity contribution is 6.31. The van der Waals surface area contributed by atoms with Crippen LogP contribution in [-0.4, -0.2) is 28.2 Å². The summed E-state index contributed by atoms with van der Waals surface area (Å²) in [5.74, 6) is -3.09. The zero-order valence-electron chi connectivity index (χ0n) is 22.2. The smallest absolute Gasteiger partial charge is 0.273 e. The molecule has 2 aromatic heterocycles. The van der Waals surface area contributed by atoms with Gasteiger partial charge in [0.15, 0.2) is 5.83 Å². The first-order chi connectivity index (χ1) is 19.0. The maximum absolute atomic E-state index is 15.7. The van der Waals surface area contributed by atoms with E-state index in [1.165, 1.54) is 49.8 Å². The molecule has 11 heteroatoms. The fourth-order valence-corrected chi connectivity index (χ4v) is 4.41. The number of alkyl halides is 2. The van der Waals surface area contributed by atoms with Crippen LogP contribution < -0.4 is 10.9 Å². The standard InChI is InChI=1S/C29H27ClF4N4O2/c1-5-9-37-26(20-7-6-8-21(25(20)32)28(39)35-4)23(31)15-38-17(3)11-22(24(30)29(38)40)16(2)10-18-12-19(27(33)34)14-36-13-18/h5-9,11-16,27H,10H2,1-4H3,(H,35,39)/b9-5+,23-15-,37-26+. The van der Waals surface area contributed by atoms with Gasteiger partial charge in [0.2, 0.25) is 0 Å². The van der Waals surface area contributed by atoms with Crippen LogP contribution in [0.1, 0.15) is 64.5 Å². The van der Waals surface area contributed by atoms with Crippen molar-refractivity contribution in [1.29, 1.82) is 0 Å². The number of rotatable bonds is 9. The minimum atomic E-state index is -2.67. The molecule has 210 valence electrons. The topological polar surface area (TPSA) is 76.3 Å². The molecule has 6 nitrogen and oxygen atoms in total. The highest BCUT2D eigenvalue weighted by Crippen LogP contribution is 2.28. The first kappa shape index (κ1) is 30.5. The van der Waals surface area contributed by atoms with E-state index in [0.717, 1.165) is 17.0 Å². The van der Waals surface area contributed by atoms with E-state index in [1.807, 2.05) is 0 Å². The fourth-order valence-electron chi connectivity index (χ4n) is 4.08. The molecule has 0 fully saturated rings. The Hall–Kier alpha value is -4.05. The summed E-state index contributed by atoms with van der Waals surface area (Å²) in [6.45, 7) is 4.97. The van der Waals surface area contributed by atoms with Gasteiger partial charge in [0.1, 0.15) is 16.6 Å². The fraction of sp³-hybridized carbons (Fsp3) is 0.241. The van der Waals surface area contributed by atoms with Crippen LogP contribution in [0.15, 0.2) is 70.6 Å². The third-order valence-electron chi connectivity index (χ3n) is 6.09. The van der Waals surface area contributed by atoms with Crippen molar-refractivity contribution < 1.29 is 22.4 Å². The van der Waals surface area contributed by atoms with Crippen LogP contribution in [0, 0.1) is 12.7 Å². The minimum Gasteiger partial charge on any atom is -0.355 e. The summed E-state index contributed by atoms with van der Waals surface area (Å²) in [7, 11) is 1.34. The lowest BCUT2D eigenvalue weighted by molar-refractivity contribution is 0.0959. The van der Waals surface area contributed by atoms with Crippen molar-refractivity contribution in [2.24, 2.45) is 4.99 Å². The van der Waals surface area contributed by atoms with Crippen molar-refractivity contribution >= 4 is 29.4 Å². The lowest BCUT2D eigenvalue weighted by Gasteiger charge is -2.17. The SMILES string of the molecule is C/C=C/N=C(/C(F)=C/n1c(C)cc(C(C)Cc2cncc(C(F)F)c2)c(Cl)c1=O)c1cccc(C(=O)NC)c1F. The first-order valence-electron chi connectivity index (χ1n) is 12.2. The lowest BCUT2D eigenvalue weighted by Crippen LogP contribution is -2.22. The number of carbonyl (C=O) groups excluding carboxylic acids is 1. The van der Waals surface area contributed by atoms with E-state index in [0.29, 0.717) is 16.8 Å². The Kier molecular flexibility index (Phi) is 10.2. The number of halogens is 5. The highest BCUT2D eigenvalue weighted by Gasteiger charge is 2.22. The van der Waals surface area contributed by atoms with Crippen LogP contribution in [-0.2, 0) is 6.42 Å². The predicted molar refractivity (Wildman–Crippen MR) is 148 cm³/mol. The molecule has 1 unspecified atom stereocenters. The Morgan fingerprint density at radius 3 is 2.58 bits per heavy atom. The largest absolute Gasteiger partial charge is 0.355 e. The molecule has 1 N–H and O–H groups in total. The van der Waals surface area contributed by atoms with E-state index in [1.54, 1.807) is 26.8 Å². The summed E-state index contributed by atoms with van der Waals surface area (Å²) in [5, 5.41) is 2.14. The van der Waals surface area contributed by atoms with Crippen LogP contribution in [0.25, 0.3) is 6.20 Å². The van der Waals surface area contributed by atoms with Crippen molar-refractivity contribution in [2.45, 2.75) is 39.5 Å². The third kappa shape index (κ3) is 6.74. The quantitative estimate of drug-likeness (QED) is 0.226. The van der Waals surface area contributed by atoms with Gasteiger partial charge in [0.25, 0.3) is 17.9 Å². The molecule has 1 amide bonds. The summed E-state index contributed by atoms with van der Waals surface area (Å²) in [6, 6.07) is 6.85. The molecule has 2 heterocycles. The Labute approximate surface area is 233 Å². The second kappa shape index (κ2) is 13.3. The summed E-state index contributed by atoms with van der Waals surface area (Å²) < 4.78 is 58.0. The number of benzene rings is 1. The number of amides is 1. The molecular weight excluding hydrogens is 548 g/mol. The molecule has 0 aliphatic rings. The molecule has 0 saturated carbocycles. The van der Waals surface area contributed by atoms with Crippen molar-refractivity contribution in [3.63, 3.8) is 0 Å². The second-order valence-electron chi connectivity index (χ2n) is 8.95. The normalized spacial score (nSPS) is 13.2. The average Bonchev–Trinajstić information content (AvgIpc) is 2.93. The van der Waals surface area contributed by atoms with Gasteiger partial charge >= 0.3 is 0 Å². The monoisotopic (exact) mass is 574 g/mol. The third-order valence-corrected chi connectivity index (χ3v) is 6.47. The lowest BCUT2D eigenvalue weighted by atomic mass is 9.94. The summed E-state index contributed by atoms with van der Waals surface area (Å²) >= 11 is 6.41. The number of hydrogen-bond donors (Lipinski definition) is 1. The molecular formula is C29H27ClF4N4O2. The average molecular weight is 575 g/mol. The van der Waals surface area contributed by atoms with Gasteiger partial charge in [-0.15, -0.1) is 0 Å². The van der Waals surface area contributed by atoms with Crippen LogP contribution in [0.4, 0.5) is 17.6 Å². The maximum atomic E-state index is 15.7. The maximum Gasteiger partial charge on any atom is 0.273 e. The van der Waals surface area contributed by atoms with Gasteiger partial charge in [-0.05, 0) is 61.6 Å². The first-order valence-corrected chi connectivity index (χ1v) is 12.6. The Balaban J connectivity index is 2.04. The molecule has 0 aliphatic carbocycles. The van der Waals surface area contributed by atoms with E-state index in [4.69, 9.17) is 11.6 Å². The number of pyridine rings is 2. The number of aromatic nitrogens is 2. The molecule has 0 spiro atoms. The number of allylic oxidation sites excluding steroid dienone is 2. The van der Waals surface area contributed by atoms with Gasteiger partial charge < -0.3 is 5.32 Å². The van der Waals surface area contributed by atoms with Crippen LogP contribution in [0.3, 0.4) is 0 Å². The van der Waals surface area contributed by atoms with Crippen LogP contribution in [0.2, 0.25) is 5.02 Å². The summed E-state index contributed by atoms with van der Waals surface area (Å²) in [6.07, 6.45) is 3.77. The number of carbonyl (C=O) groups is 1. The van der Waals surface area contributed by atoms with Crippen molar-refractivity contribution in [2.75, 3.05) is 7.05 Å². The Morgan fingerprint density at radius 1 is 1.23 bits per heavy atom. The van der Waals surface area contributed by atoms with Crippen molar-refractivity contribution in [3.05, 3.63) is 116 Å². The number of nitrogens with zero attached hydrogens (tertiary/aromatic N) is 3. The van der Waals surface area contributed by atoms with Gasteiger partial charge in [0, 0.05) is 42.5 Å². The zero-order valence-corrected chi connectivity index (χ0v) is 22.9. The van der Waals surface area contributed by atoms with Crippen LogP contribution >= 0.6 is 11.6 Å². The van der Waals surface area contributed by atoms with Gasteiger partial charge in [-0.25, -0.2) is 17.6 Å². The molecule has 0 bridgehead atoms. The molecule has 0 radical (unpaired) electrons. The number of aryl methyl sites for hydroxylation is 1. The number of hydrogen-bond acceptors (Lipinski definition) is 4. The van der Waals surface area contributed by atoms with E-state index in [-0.39, 0.29) is 34.1 Å². The minimum absolute atomic E-state index is 0.181. The number of aliphatic imine (C=N–C) groups is 1. The van der Waals surface area contributed by atoms with Crippen molar-refractivity contribution in [3.8, 4) is 0 Å². The van der Waals surface area contributed by atoms with E-state index >= 15 is 8.78 Å². The number of nitrogens with one attached hydrogen (secondary N) is 1. The van der Waals surface area contributed by atoms with Gasteiger partial charge in [-0.2, -0.15) is 0 Å². The Morgan fingerprint density at radius 2 is 1.93 bits per heavy atom. The van der Waals surface area contributed by atoms with E-state index < -0.39 is 35.2 Å². The van der Waals surface area contributed by atoms with Crippen LogP contribution in [0.5, 0.6) is 0 Å². The molecule has 40 heavy (non-hydrogen) atoms. The van der Waals surface area contributed by atoms with E-state index in [9.17, 15) is 18.4 Å². The van der Waals surface area contributed by atoms with Crippen molar-refractivity contribution in [1.82, 2.24) is 14.9 Å². The molecule has 3 rings (SSSR count). The summed E-state index contributed by atoms with van der Waals surface area (Å²) in [5.41, 5.74) is -0.661. The Bertz CT molecular complexity index is 1560. The predicted octanol–water partition coefficient (Wildman–Crippen LogP) is 6.78. The molecule has 1 atom stereocenters. The van der Waals surface area contributed by atoms with Gasteiger partial charge in [-0.1, -0.05) is 30.7 Å². The second-order valence-corrected chi connectivity index (χ2v) is 9.32. The molecule has 0 aliphatic heterocycles. The molecule has 1 aromatic carbocycles. The molecule has 3 aromatic rings. The zero-order chi connectivity index (χ0) is 29.6. The summed E-state index contributed by atoms with van der Waals surface area (Å²) in [4.78, 5) is 33.1.